The Morgan fingerprint density at radius 2 is 2.09 bits per heavy atom. The van der Waals surface area contributed by atoms with Crippen molar-refractivity contribution < 1.29 is 4.74 Å². The van der Waals surface area contributed by atoms with Crippen LogP contribution in [0.3, 0.4) is 0 Å². The number of anilines is 3. The van der Waals surface area contributed by atoms with Crippen LogP contribution in [0.1, 0.15) is 31.7 Å². The van der Waals surface area contributed by atoms with Gasteiger partial charge in [0, 0.05) is 23.8 Å². The molecule has 0 radical (unpaired) electrons. The highest BCUT2D eigenvalue weighted by Gasteiger charge is 2.08. The maximum absolute atomic E-state index is 6.13. The molecule has 0 aliphatic carbocycles. The third kappa shape index (κ3) is 4.99. The maximum atomic E-state index is 6.13. The Morgan fingerprint density at radius 1 is 1.26 bits per heavy atom. The van der Waals surface area contributed by atoms with Crippen molar-refractivity contribution in [3.05, 3.63) is 35.0 Å². The van der Waals surface area contributed by atoms with Crippen LogP contribution in [0.25, 0.3) is 0 Å². The Kier molecular flexibility index (Phi) is 6.47. The maximum Gasteiger partial charge on any atom is 0.224 e. The molecular weight excluding hydrogens is 312 g/mol. The van der Waals surface area contributed by atoms with E-state index < -0.39 is 0 Å². The van der Waals surface area contributed by atoms with Crippen LogP contribution in [0, 0.1) is 6.92 Å². The van der Waals surface area contributed by atoms with Crippen molar-refractivity contribution >= 4 is 29.1 Å². The molecule has 0 fully saturated rings. The number of benzene rings is 1. The number of nitrogens with one attached hydrogen (secondary N) is 2. The predicted molar refractivity (Wildman–Crippen MR) is 96.1 cm³/mol. The molecule has 0 saturated heterocycles. The zero-order valence-electron chi connectivity index (χ0n) is 13.8. The molecule has 6 heteroatoms. The summed E-state index contributed by atoms with van der Waals surface area (Å²) in [6.45, 7) is 5.01. The number of methoxy groups -OCH3 is 1. The zero-order valence-corrected chi connectivity index (χ0v) is 14.6. The molecule has 0 aliphatic rings. The molecule has 1 heterocycles. The second kappa shape index (κ2) is 8.58. The van der Waals surface area contributed by atoms with E-state index in [2.05, 4.69) is 27.5 Å². The van der Waals surface area contributed by atoms with E-state index in [0.29, 0.717) is 22.5 Å². The number of aryl methyl sites for hydroxylation is 1. The standard InChI is InChI=1S/C17H23ClN4O/c1-4-5-6-8-19-17-20-9-7-16(22-17)21-14-10-12(2)13(18)11-15(14)23-3/h7,9-11H,4-6,8H2,1-3H3,(H2,19,20,21,22). The summed E-state index contributed by atoms with van der Waals surface area (Å²) >= 11 is 6.13. The largest absolute Gasteiger partial charge is 0.495 e. The van der Waals surface area contributed by atoms with Gasteiger partial charge < -0.3 is 15.4 Å². The van der Waals surface area contributed by atoms with E-state index >= 15 is 0 Å². The fourth-order valence-electron chi connectivity index (χ4n) is 2.16. The molecule has 2 aromatic rings. The lowest BCUT2D eigenvalue weighted by atomic mass is 10.2. The molecule has 0 bridgehead atoms. The van der Waals surface area contributed by atoms with Crippen LogP contribution < -0.4 is 15.4 Å². The van der Waals surface area contributed by atoms with Crippen LogP contribution in [0.2, 0.25) is 5.02 Å². The van der Waals surface area contributed by atoms with Gasteiger partial charge in [-0.25, -0.2) is 4.98 Å². The molecular formula is C17H23ClN4O. The van der Waals surface area contributed by atoms with E-state index in [1.807, 2.05) is 19.1 Å². The van der Waals surface area contributed by atoms with Crippen LogP contribution >= 0.6 is 11.6 Å². The Bertz CT molecular complexity index is 648. The fraction of sp³-hybridized carbons (Fsp3) is 0.412. The van der Waals surface area contributed by atoms with Crippen LogP contribution in [0.15, 0.2) is 24.4 Å². The lowest BCUT2D eigenvalue weighted by Crippen LogP contribution is -2.06. The topological polar surface area (TPSA) is 59.1 Å². The quantitative estimate of drug-likeness (QED) is 0.679. The summed E-state index contributed by atoms with van der Waals surface area (Å²) < 4.78 is 5.37. The van der Waals surface area contributed by atoms with E-state index in [0.717, 1.165) is 24.2 Å². The molecule has 0 spiro atoms. The molecule has 124 valence electrons. The van der Waals surface area contributed by atoms with E-state index in [1.54, 1.807) is 19.4 Å². The average molecular weight is 335 g/mol. The highest BCUT2D eigenvalue weighted by molar-refractivity contribution is 6.31. The van der Waals surface area contributed by atoms with Gasteiger partial charge in [0.1, 0.15) is 11.6 Å². The molecule has 1 aromatic carbocycles. The SMILES string of the molecule is CCCCCNc1nccc(Nc2cc(C)c(Cl)cc2OC)n1. The highest BCUT2D eigenvalue weighted by atomic mass is 35.5. The van der Waals surface area contributed by atoms with E-state index in [4.69, 9.17) is 16.3 Å². The summed E-state index contributed by atoms with van der Waals surface area (Å²) in [7, 11) is 1.62. The van der Waals surface area contributed by atoms with Gasteiger partial charge in [-0.3, -0.25) is 0 Å². The Morgan fingerprint density at radius 3 is 2.83 bits per heavy atom. The van der Waals surface area contributed by atoms with Gasteiger partial charge in [-0.2, -0.15) is 4.98 Å². The molecule has 0 saturated carbocycles. The molecule has 1 aromatic heterocycles. The summed E-state index contributed by atoms with van der Waals surface area (Å²) in [5.41, 5.74) is 1.80. The highest BCUT2D eigenvalue weighted by Crippen LogP contribution is 2.32. The predicted octanol–water partition coefficient (Wildman–Crippen LogP) is 4.79. The lowest BCUT2D eigenvalue weighted by Gasteiger charge is -2.13. The third-order valence-electron chi connectivity index (χ3n) is 3.46. The van der Waals surface area contributed by atoms with Gasteiger partial charge in [0.25, 0.3) is 0 Å². The minimum Gasteiger partial charge on any atom is -0.495 e. The normalized spacial score (nSPS) is 10.4. The minimum absolute atomic E-state index is 0.621. The summed E-state index contributed by atoms with van der Waals surface area (Å²) in [4.78, 5) is 8.71. The molecule has 23 heavy (non-hydrogen) atoms. The third-order valence-corrected chi connectivity index (χ3v) is 3.87. The van der Waals surface area contributed by atoms with E-state index in [9.17, 15) is 0 Å². The summed E-state index contributed by atoms with van der Waals surface area (Å²) in [6.07, 6.45) is 5.24. The Hall–Kier alpha value is -2.01. The van der Waals surface area contributed by atoms with Crippen molar-refractivity contribution in [1.82, 2.24) is 9.97 Å². The molecule has 0 amide bonds. The van der Waals surface area contributed by atoms with Crippen molar-refractivity contribution in [3.8, 4) is 5.75 Å². The van der Waals surface area contributed by atoms with Gasteiger partial charge in [0.2, 0.25) is 5.95 Å². The Labute approximate surface area is 142 Å². The minimum atomic E-state index is 0.621. The second-order valence-corrected chi connectivity index (χ2v) is 5.73. The molecule has 0 unspecified atom stereocenters. The first-order valence-corrected chi connectivity index (χ1v) is 8.20. The number of ether oxygens (including phenoxy) is 1. The molecule has 0 aliphatic heterocycles. The van der Waals surface area contributed by atoms with Gasteiger partial charge in [0.05, 0.1) is 12.8 Å². The first-order valence-electron chi connectivity index (χ1n) is 7.82. The lowest BCUT2D eigenvalue weighted by molar-refractivity contribution is 0.416. The monoisotopic (exact) mass is 334 g/mol. The molecule has 2 rings (SSSR count). The summed E-state index contributed by atoms with van der Waals surface area (Å²) in [6, 6.07) is 5.56. The summed E-state index contributed by atoms with van der Waals surface area (Å²) in [5, 5.41) is 7.17. The van der Waals surface area contributed by atoms with Gasteiger partial charge >= 0.3 is 0 Å². The molecule has 0 atom stereocenters. The van der Waals surface area contributed by atoms with Crippen LogP contribution in [0.5, 0.6) is 5.75 Å². The van der Waals surface area contributed by atoms with Crippen LogP contribution in [0.4, 0.5) is 17.5 Å². The Balaban J connectivity index is 2.10. The van der Waals surface area contributed by atoms with Gasteiger partial charge in [-0.1, -0.05) is 31.4 Å². The first kappa shape index (κ1) is 17.3. The number of aromatic nitrogens is 2. The zero-order chi connectivity index (χ0) is 16.7. The van der Waals surface area contributed by atoms with Gasteiger partial charge in [0.15, 0.2) is 0 Å². The number of unbranched alkanes of at least 4 members (excludes halogenated alkanes) is 2. The van der Waals surface area contributed by atoms with Crippen molar-refractivity contribution in [2.45, 2.75) is 33.1 Å². The average Bonchev–Trinajstić information content (AvgIpc) is 2.55. The van der Waals surface area contributed by atoms with Crippen LogP contribution in [-0.2, 0) is 0 Å². The van der Waals surface area contributed by atoms with E-state index in [-0.39, 0.29) is 0 Å². The number of hydrogen-bond donors (Lipinski definition) is 2. The second-order valence-electron chi connectivity index (χ2n) is 5.33. The van der Waals surface area contributed by atoms with Gasteiger partial charge in [-0.05, 0) is 31.0 Å². The number of nitrogens with zero attached hydrogens (tertiary/aromatic N) is 2. The smallest absolute Gasteiger partial charge is 0.224 e. The fourth-order valence-corrected chi connectivity index (χ4v) is 2.31. The molecule has 2 N–H and O–H groups in total. The van der Waals surface area contributed by atoms with E-state index in [1.165, 1.54) is 12.8 Å². The van der Waals surface area contributed by atoms with Crippen molar-refractivity contribution in [2.75, 3.05) is 24.3 Å². The summed E-state index contributed by atoms with van der Waals surface area (Å²) in [5.74, 6) is 2.01. The van der Waals surface area contributed by atoms with Crippen molar-refractivity contribution in [2.24, 2.45) is 0 Å². The van der Waals surface area contributed by atoms with Crippen molar-refractivity contribution in [1.29, 1.82) is 0 Å². The number of rotatable bonds is 8. The molecule has 5 nitrogen and oxygen atoms in total. The van der Waals surface area contributed by atoms with Gasteiger partial charge in [-0.15, -0.1) is 0 Å². The number of halogens is 1. The number of hydrogen-bond acceptors (Lipinski definition) is 5. The first-order chi connectivity index (χ1) is 11.1. The van der Waals surface area contributed by atoms with Crippen molar-refractivity contribution in [3.63, 3.8) is 0 Å². The van der Waals surface area contributed by atoms with Crippen LogP contribution in [-0.4, -0.2) is 23.6 Å².